The van der Waals surface area contributed by atoms with Gasteiger partial charge >= 0.3 is 0 Å². The zero-order valence-electron chi connectivity index (χ0n) is 13.2. The van der Waals surface area contributed by atoms with Crippen molar-refractivity contribution >= 4 is 22.3 Å². The SMILES string of the molecule is CC(C)CN1c2c(cnc3ccccc23)NC1(N)CN(C)O. The summed E-state index contributed by atoms with van der Waals surface area (Å²) in [6.07, 6.45) is 1.82. The number of nitrogens with one attached hydrogen (secondary N) is 1. The Bertz CT molecular complexity index is 687. The van der Waals surface area contributed by atoms with E-state index in [9.17, 15) is 5.21 Å². The highest BCUT2D eigenvalue weighted by atomic mass is 16.5. The third kappa shape index (κ3) is 2.49. The number of para-hydroxylation sites is 1. The van der Waals surface area contributed by atoms with E-state index in [4.69, 9.17) is 5.73 Å². The lowest BCUT2D eigenvalue weighted by Crippen LogP contribution is -2.64. The fourth-order valence-corrected chi connectivity index (χ4v) is 3.10. The fourth-order valence-electron chi connectivity index (χ4n) is 3.10. The third-order valence-corrected chi connectivity index (χ3v) is 3.87. The first-order valence-corrected chi connectivity index (χ1v) is 7.53. The van der Waals surface area contributed by atoms with E-state index in [1.807, 2.05) is 24.4 Å². The van der Waals surface area contributed by atoms with E-state index < -0.39 is 5.79 Å². The van der Waals surface area contributed by atoms with Crippen molar-refractivity contribution in [2.45, 2.75) is 19.6 Å². The molecule has 118 valence electrons. The predicted molar refractivity (Wildman–Crippen MR) is 88.9 cm³/mol. The summed E-state index contributed by atoms with van der Waals surface area (Å²) < 4.78 is 0. The molecule has 6 nitrogen and oxygen atoms in total. The molecule has 0 saturated heterocycles. The third-order valence-electron chi connectivity index (χ3n) is 3.87. The number of benzene rings is 1. The molecule has 0 spiro atoms. The summed E-state index contributed by atoms with van der Waals surface area (Å²) in [5.41, 5.74) is 9.49. The van der Waals surface area contributed by atoms with Crippen molar-refractivity contribution in [3.05, 3.63) is 30.5 Å². The second kappa shape index (κ2) is 5.39. The lowest BCUT2D eigenvalue weighted by molar-refractivity contribution is -0.0769. The smallest absolute Gasteiger partial charge is 0.180 e. The average molecular weight is 301 g/mol. The molecule has 6 heteroatoms. The maximum absolute atomic E-state index is 9.69. The van der Waals surface area contributed by atoms with Crippen molar-refractivity contribution < 1.29 is 5.21 Å². The maximum Gasteiger partial charge on any atom is 0.180 e. The van der Waals surface area contributed by atoms with E-state index in [-0.39, 0.29) is 6.54 Å². The first-order chi connectivity index (χ1) is 10.4. The second-order valence-electron chi connectivity index (χ2n) is 6.41. The van der Waals surface area contributed by atoms with E-state index >= 15 is 0 Å². The highest BCUT2D eigenvalue weighted by molar-refractivity contribution is 6.00. The number of anilines is 2. The molecule has 2 heterocycles. The number of likely N-dealkylation sites (N-methyl/N-ethyl adjacent to an activating group) is 1. The quantitative estimate of drug-likeness (QED) is 0.750. The Kier molecular flexibility index (Phi) is 3.68. The molecule has 1 aromatic heterocycles. The Morgan fingerprint density at radius 3 is 2.82 bits per heavy atom. The van der Waals surface area contributed by atoms with Gasteiger partial charge in [-0.3, -0.25) is 10.7 Å². The molecule has 0 radical (unpaired) electrons. The van der Waals surface area contributed by atoms with Gasteiger partial charge in [-0.1, -0.05) is 32.0 Å². The molecule has 22 heavy (non-hydrogen) atoms. The molecule has 0 amide bonds. The van der Waals surface area contributed by atoms with Crippen LogP contribution in [0.3, 0.4) is 0 Å². The Balaban J connectivity index is 2.14. The molecule has 0 saturated carbocycles. The number of hydrogen-bond acceptors (Lipinski definition) is 6. The minimum absolute atomic E-state index is 0.280. The minimum atomic E-state index is -0.859. The predicted octanol–water partition coefficient (Wildman–Crippen LogP) is 2.06. The van der Waals surface area contributed by atoms with Crippen molar-refractivity contribution in [2.75, 3.05) is 30.4 Å². The van der Waals surface area contributed by atoms with Gasteiger partial charge in [0, 0.05) is 19.0 Å². The fraction of sp³-hybridized carbons (Fsp3) is 0.438. The summed E-state index contributed by atoms with van der Waals surface area (Å²) in [5, 5.41) is 15.2. The molecule has 0 fully saturated rings. The van der Waals surface area contributed by atoms with Crippen LogP contribution in [0.15, 0.2) is 30.5 Å². The number of nitrogens with two attached hydrogens (primary N) is 1. The van der Waals surface area contributed by atoms with Gasteiger partial charge in [0.1, 0.15) is 0 Å². The minimum Gasteiger partial charge on any atom is -0.346 e. The van der Waals surface area contributed by atoms with Crippen LogP contribution in [-0.4, -0.2) is 41.2 Å². The number of aromatic nitrogens is 1. The topological polar surface area (TPSA) is 77.7 Å². The van der Waals surface area contributed by atoms with Gasteiger partial charge in [0.25, 0.3) is 0 Å². The molecule has 4 N–H and O–H groups in total. The molecule has 1 aliphatic heterocycles. The van der Waals surface area contributed by atoms with Gasteiger partial charge in [0.05, 0.1) is 29.6 Å². The summed E-state index contributed by atoms with van der Waals surface area (Å²) in [5.74, 6) is -0.423. The van der Waals surface area contributed by atoms with E-state index in [0.717, 1.165) is 33.9 Å². The standard InChI is InChI=1S/C16H23N5O/c1-11(2)9-21-15-12-6-4-5-7-13(12)18-8-14(15)19-16(21,17)10-20(3)22/h4-8,11,19,22H,9-10,17H2,1-3H3. The van der Waals surface area contributed by atoms with Crippen LogP contribution in [0.2, 0.25) is 0 Å². The molecule has 1 aromatic carbocycles. The highest BCUT2D eigenvalue weighted by Gasteiger charge is 2.42. The Morgan fingerprint density at radius 2 is 2.14 bits per heavy atom. The van der Waals surface area contributed by atoms with Crippen molar-refractivity contribution in [1.82, 2.24) is 10.0 Å². The molecular weight excluding hydrogens is 278 g/mol. The number of fused-ring (bicyclic) bond motifs is 3. The average Bonchev–Trinajstić information content (AvgIpc) is 2.70. The van der Waals surface area contributed by atoms with Gasteiger partial charge < -0.3 is 15.4 Å². The molecular formula is C16H23N5O. The number of nitrogens with zero attached hydrogens (tertiary/aromatic N) is 3. The zero-order chi connectivity index (χ0) is 15.9. The first kappa shape index (κ1) is 15.0. The molecule has 1 unspecified atom stereocenters. The Labute approximate surface area is 130 Å². The molecule has 1 atom stereocenters. The largest absolute Gasteiger partial charge is 0.346 e. The van der Waals surface area contributed by atoms with Crippen LogP contribution >= 0.6 is 0 Å². The van der Waals surface area contributed by atoms with E-state index in [1.165, 1.54) is 0 Å². The molecule has 1 aliphatic rings. The van der Waals surface area contributed by atoms with Crippen LogP contribution < -0.4 is 16.0 Å². The lowest BCUT2D eigenvalue weighted by atomic mass is 10.1. The van der Waals surface area contributed by atoms with E-state index in [0.29, 0.717) is 5.92 Å². The molecule has 2 aromatic rings. The summed E-state index contributed by atoms with van der Waals surface area (Å²) in [7, 11) is 1.60. The molecule has 0 bridgehead atoms. The van der Waals surface area contributed by atoms with Gasteiger partial charge in [0.15, 0.2) is 5.79 Å². The van der Waals surface area contributed by atoms with Crippen molar-refractivity contribution in [1.29, 1.82) is 0 Å². The summed E-state index contributed by atoms with van der Waals surface area (Å²) >= 11 is 0. The van der Waals surface area contributed by atoms with Crippen LogP contribution in [0.5, 0.6) is 0 Å². The maximum atomic E-state index is 9.69. The van der Waals surface area contributed by atoms with E-state index in [1.54, 1.807) is 7.05 Å². The summed E-state index contributed by atoms with van der Waals surface area (Å²) in [6.45, 7) is 5.38. The van der Waals surface area contributed by atoms with Crippen LogP contribution in [-0.2, 0) is 0 Å². The van der Waals surface area contributed by atoms with E-state index in [2.05, 4.69) is 35.1 Å². The molecule has 3 rings (SSSR count). The second-order valence-corrected chi connectivity index (χ2v) is 6.41. The van der Waals surface area contributed by atoms with Crippen molar-refractivity contribution in [3.8, 4) is 0 Å². The zero-order valence-corrected chi connectivity index (χ0v) is 13.2. The number of hydrogen-bond donors (Lipinski definition) is 3. The van der Waals surface area contributed by atoms with Crippen molar-refractivity contribution in [3.63, 3.8) is 0 Å². The Morgan fingerprint density at radius 1 is 1.41 bits per heavy atom. The summed E-state index contributed by atoms with van der Waals surface area (Å²) in [4.78, 5) is 6.63. The van der Waals surface area contributed by atoms with Crippen molar-refractivity contribution in [2.24, 2.45) is 11.7 Å². The lowest BCUT2D eigenvalue weighted by Gasteiger charge is -2.39. The Hall–Kier alpha value is -1.89. The van der Waals surface area contributed by atoms with Crippen LogP contribution in [0.4, 0.5) is 11.4 Å². The number of hydroxylamine groups is 2. The van der Waals surface area contributed by atoms with Gasteiger partial charge in [-0.25, -0.2) is 0 Å². The monoisotopic (exact) mass is 301 g/mol. The van der Waals surface area contributed by atoms with Gasteiger partial charge in [-0.2, -0.15) is 5.06 Å². The van der Waals surface area contributed by atoms with Gasteiger partial charge in [-0.15, -0.1) is 0 Å². The highest BCUT2D eigenvalue weighted by Crippen LogP contribution is 2.42. The first-order valence-electron chi connectivity index (χ1n) is 7.53. The number of pyridine rings is 1. The van der Waals surface area contributed by atoms with Crippen LogP contribution in [0, 0.1) is 5.92 Å². The normalized spacial score (nSPS) is 20.8. The molecule has 0 aliphatic carbocycles. The van der Waals surface area contributed by atoms with Gasteiger partial charge in [0.2, 0.25) is 0 Å². The van der Waals surface area contributed by atoms with Crippen LogP contribution in [0.1, 0.15) is 13.8 Å². The van der Waals surface area contributed by atoms with Crippen LogP contribution in [0.25, 0.3) is 10.9 Å². The number of rotatable bonds is 4. The van der Waals surface area contributed by atoms with Gasteiger partial charge in [-0.05, 0) is 12.0 Å². The summed E-state index contributed by atoms with van der Waals surface area (Å²) in [6, 6.07) is 8.04.